The predicted octanol–water partition coefficient (Wildman–Crippen LogP) is 2.22. The number of amides is 4. The summed E-state index contributed by atoms with van der Waals surface area (Å²) in [5.74, 6) is 5.66. The molecule has 0 aliphatic carbocycles. The van der Waals surface area contributed by atoms with Crippen LogP contribution in [0.25, 0.3) is 11.3 Å². The van der Waals surface area contributed by atoms with Crippen LogP contribution in [0.2, 0.25) is 0 Å². The van der Waals surface area contributed by atoms with Crippen molar-refractivity contribution in [2.45, 2.75) is 12.1 Å². The van der Waals surface area contributed by atoms with Gasteiger partial charge in [-0.15, -0.1) is 0 Å². The molecule has 1 fully saturated rings. The minimum absolute atomic E-state index is 0.181. The van der Waals surface area contributed by atoms with Crippen molar-refractivity contribution in [3.05, 3.63) is 77.0 Å². The van der Waals surface area contributed by atoms with Crippen molar-refractivity contribution in [2.24, 2.45) is 0 Å². The van der Waals surface area contributed by atoms with Crippen LogP contribution < -0.4 is 20.1 Å². The summed E-state index contributed by atoms with van der Waals surface area (Å²) in [7, 11) is 2.98. The second kappa shape index (κ2) is 9.60. The Hall–Kier alpha value is -5.35. The van der Waals surface area contributed by atoms with Gasteiger partial charge < -0.3 is 19.7 Å². The molecule has 38 heavy (non-hydrogen) atoms. The molecule has 188 valence electrons. The fraction of sp³-hybridized carbons (Fsp3) is 0.179. The lowest BCUT2D eigenvalue weighted by atomic mass is 9.99. The number of aromatic nitrogens is 1. The largest absolute Gasteiger partial charge is 0.497 e. The summed E-state index contributed by atoms with van der Waals surface area (Å²) in [6, 6.07) is 16.9. The van der Waals surface area contributed by atoms with Crippen molar-refractivity contribution in [2.75, 3.05) is 20.8 Å². The van der Waals surface area contributed by atoms with E-state index in [1.807, 2.05) is 6.07 Å². The lowest BCUT2D eigenvalue weighted by Crippen LogP contribution is -2.54. The molecule has 3 aromatic rings. The number of pyridine rings is 1. The summed E-state index contributed by atoms with van der Waals surface area (Å²) in [5, 5.41) is 14.0. The summed E-state index contributed by atoms with van der Waals surface area (Å²) in [5.41, 5.74) is 1.48. The molecule has 0 spiro atoms. The lowest BCUT2D eigenvalue weighted by Gasteiger charge is -2.26. The number of ether oxygens (including phenoxy) is 2. The summed E-state index contributed by atoms with van der Waals surface area (Å²) in [6.07, 6.45) is 0. The van der Waals surface area contributed by atoms with Gasteiger partial charge in [0.25, 0.3) is 11.8 Å². The van der Waals surface area contributed by atoms with Gasteiger partial charge in [0, 0.05) is 17.7 Å². The van der Waals surface area contributed by atoms with Gasteiger partial charge in [-0.1, -0.05) is 24.1 Å². The summed E-state index contributed by atoms with van der Waals surface area (Å²) < 4.78 is 10.6. The highest BCUT2D eigenvalue weighted by molar-refractivity contribution is 6.10. The summed E-state index contributed by atoms with van der Waals surface area (Å²) >= 11 is 0. The highest BCUT2D eigenvalue weighted by Gasteiger charge is 2.48. The van der Waals surface area contributed by atoms with Crippen molar-refractivity contribution in [1.29, 1.82) is 5.26 Å². The second-order valence-corrected chi connectivity index (χ2v) is 8.69. The fourth-order valence-corrected chi connectivity index (χ4v) is 4.39. The third-order valence-corrected chi connectivity index (χ3v) is 6.33. The molecule has 3 heterocycles. The van der Waals surface area contributed by atoms with E-state index in [-0.39, 0.29) is 24.7 Å². The summed E-state index contributed by atoms with van der Waals surface area (Å²) in [6.45, 7) is 0.0661. The van der Waals surface area contributed by atoms with E-state index >= 15 is 0 Å². The molecule has 1 unspecified atom stereocenters. The Morgan fingerprint density at radius 2 is 1.92 bits per heavy atom. The molecule has 10 nitrogen and oxygen atoms in total. The maximum Gasteiger partial charge on any atom is 0.323 e. The fourth-order valence-electron chi connectivity index (χ4n) is 4.39. The maximum atomic E-state index is 13.1. The molecular weight excluding hydrogens is 486 g/mol. The van der Waals surface area contributed by atoms with Crippen LogP contribution in [0.1, 0.15) is 27.2 Å². The van der Waals surface area contributed by atoms with Crippen LogP contribution in [-0.4, -0.2) is 54.0 Å². The predicted molar refractivity (Wildman–Crippen MR) is 135 cm³/mol. The van der Waals surface area contributed by atoms with Gasteiger partial charge in [0.2, 0.25) is 5.54 Å². The highest BCUT2D eigenvalue weighted by atomic mass is 16.5. The first-order valence-electron chi connectivity index (χ1n) is 11.5. The number of carbonyl (C=O) groups is 3. The maximum absolute atomic E-state index is 13.1. The number of rotatable bonds is 5. The molecule has 0 bridgehead atoms. The highest BCUT2D eigenvalue weighted by Crippen LogP contribution is 2.29. The molecule has 0 saturated carbocycles. The average Bonchev–Trinajstić information content (AvgIpc) is 3.40. The van der Waals surface area contributed by atoms with E-state index in [0.717, 1.165) is 5.56 Å². The van der Waals surface area contributed by atoms with Crippen LogP contribution in [0, 0.1) is 23.2 Å². The third-order valence-electron chi connectivity index (χ3n) is 6.33. The van der Waals surface area contributed by atoms with Crippen molar-refractivity contribution in [1.82, 2.24) is 20.5 Å². The van der Waals surface area contributed by atoms with E-state index in [9.17, 15) is 19.6 Å². The number of urea groups is 1. The Bertz CT molecular complexity index is 1600. The van der Waals surface area contributed by atoms with Crippen LogP contribution >= 0.6 is 0 Å². The zero-order valence-electron chi connectivity index (χ0n) is 20.5. The molecule has 2 aromatic carbocycles. The van der Waals surface area contributed by atoms with Crippen molar-refractivity contribution in [3.63, 3.8) is 0 Å². The lowest BCUT2D eigenvalue weighted by molar-refractivity contribution is -0.122. The zero-order chi connectivity index (χ0) is 26.9. The monoisotopic (exact) mass is 507 g/mol. The van der Waals surface area contributed by atoms with Crippen molar-refractivity contribution in [3.8, 4) is 40.7 Å². The molecule has 1 atom stereocenters. The van der Waals surface area contributed by atoms with E-state index < -0.39 is 17.5 Å². The minimum atomic E-state index is -1.71. The normalized spacial score (nSPS) is 17.6. The minimum Gasteiger partial charge on any atom is -0.497 e. The molecule has 0 radical (unpaired) electrons. The molecule has 1 saturated heterocycles. The number of nitriles is 1. The second-order valence-electron chi connectivity index (χ2n) is 8.69. The van der Waals surface area contributed by atoms with E-state index in [0.29, 0.717) is 33.9 Å². The van der Waals surface area contributed by atoms with Crippen LogP contribution in [0.15, 0.2) is 54.6 Å². The van der Waals surface area contributed by atoms with Gasteiger partial charge in [-0.25, -0.2) is 9.78 Å². The first-order chi connectivity index (χ1) is 18.4. The number of hydrogen-bond donors (Lipinski definition) is 2. The van der Waals surface area contributed by atoms with Gasteiger partial charge in [0.1, 0.15) is 5.75 Å². The Labute approximate surface area is 218 Å². The Balaban J connectivity index is 1.51. The van der Waals surface area contributed by atoms with Crippen LogP contribution in [0.4, 0.5) is 4.79 Å². The number of nitrogens with zero attached hydrogens (tertiary/aromatic N) is 3. The van der Waals surface area contributed by atoms with Gasteiger partial charge >= 0.3 is 6.03 Å². The van der Waals surface area contributed by atoms with Crippen molar-refractivity contribution >= 4 is 17.8 Å². The molecule has 10 heteroatoms. The van der Waals surface area contributed by atoms with E-state index in [1.165, 1.54) is 19.1 Å². The van der Waals surface area contributed by atoms with Crippen molar-refractivity contribution < 1.29 is 23.9 Å². The quantitative estimate of drug-likeness (QED) is 0.400. The van der Waals surface area contributed by atoms with Gasteiger partial charge in [-0.05, 0) is 47.9 Å². The number of carbonyl (C=O) groups excluding carboxylic acids is 3. The molecule has 5 rings (SSSR count). The van der Waals surface area contributed by atoms with Gasteiger partial charge in [0.05, 0.1) is 38.1 Å². The molecule has 2 aliphatic rings. The number of benzene rings is 2. The van der Waals surface area contributed by atoms with Crippen LogP contribution in [0.3, 0.4) is 0 Å². The Morgan fingerprint density at radius 3 is 2.63 bits per heavy atom. The van der Waals surface area contributed by atoms with E-state index in [1.54, 1.807) is 48.5 Å². The standard InChI is InChI=1S/C28H21N5O5/c1-37-20-7-6-19-15-33(25(34)21(19)13-20)16-28(26(35)31-27(36)32-28)11-10-23-24(38-2)9-8-22(30-23)18-5-3-4-17(12-18)14-29/h3-9,12-13H,15-16H2,1-2H3,(H2,31,32,35,36). The number of fused-ring (bicyclic) bond motifs is 1. The number of hydrogen-bond acceptors (Lipinski definition) is 7. The number of methoxy groups -OCH3 is 2. The topological polar surface area (TPSA) is 134 Å². The van der Waals surface area contributed by atoms with Gasteiger partial charge in [-0.2, -0.15) is 5.26 Å². The number of imide groups is 1. The average molecular weight is 508 g/mol. The Morgan fingerprint density at radius 1 is 1.08 bits per heavy atom. The summed E-state index contributed by atoms with van der Waals surface area (Å²) in [4.78, 5) is 44.3. The van der Waals surface area contributed by atoms with Gasteiger partial charge in [0.15, 0.2) is 11.4 Å². The van der Waals surface area contributed by atoms with Crippen LogP contribution in [0.5, 0.6) is 11.5 Å². The van der Waals surface area contributed by atoms with E-state index in [2.05, 4.69) is 33.5 Å². The Kier molecular flexibility index (Phi) is 6.15. The number of nitrogens with one attached hydrogen (secondary N) is 2. The first-order valence-corrected chi connectivity index (χ1v) is 11.5. The molecule has 2 N–H and O–H groups in total. The van der Waals surface area contributed by atoms with Crippen LogP contribution in [-0.2, 0) is 11.3 Å². The first kappa shape index (κ1) is 24.3. The molecule has 4 amide bonds. The zero-order valence-corrected chi connectivity index (χ0v) is 20.5. The van der Waals surface area contributed by atoms with E-state index in [4.69, 9.17) is 9.47 Å². The molecular formula is C28H21N5O5. The third kappa shape index (κ3) is 4.36. The molecule has 1 aromatic heterocycles. The molecule has 2 aliphatic heterocycles. The van der Waals surface area contributed by atoms with Gasteiger partial charge in [-0.3, -0.25) is 14.9 Å². The SMILES string of the molecule is COc1ccc2c(c1)C(=O)N(CC1(C#Cc3nc(-c4cccc(C#N)c4)ccc3OC)NC(=O)NC1=O)C2. The smallest absolute Gasteiger partial charge is 0.323 e.